The predicted octanol–water partition coefficient (Wildman–Crippen LogP) is 4.21. The Balaban J connectivity index is 3.57. The van der Waals surface area contributed by atoms with E-state index in [1.165, 1.54) is 6.92 Å². The first-order valence-corrected chi connectivity index (χ1v) is 5.45. The van der Waals surface area contributed by atoms with E-state index >= 15 is 0 Å². The highest BCUT2D eigenvalue weighted by atomic mass is 19.4. The zero-order chi connectivity index (χ0) is 15.7. The van der Waals surface area contributed by atoms with E-state index in [0.29, 0.717) is 19.1 Å². The third-order valence-electron chi connectivity index (χ3n) is 2.55. The molecule has 0 bridgehead atoms. The minimum absolute atomic E-state index is 0.184. The number of esters is 1. The van der Waals surface area contributed by atoms with Gasteiger partial charge >= 0.3 is 18.3 Å². The Labute approximate surface area is 110 Å². The van der Waals surface area contributed by atoms with E-state index in [4.69, 9.17) is 0 Å². The number of carbonyl (C=O) groups is 1. The number of hydrogen-bond donors (Lipinski definition) is 0. The van der Waals surface area contributed by atoms with Crippen LogP contribution in [0.5, 0.6) is 0 Å². The Kier molecular flexibility index (Phi) is 4.36. The Morgan fingerprint density at radius 3 is 2.05 bits per heavy atom. The molecule has 0 saturated heterocycles. The number of rotatable bonds is 2. The van der Waals surface area contributed by atoms with Crippen molar-refractivity contribution in [3.05, 3.63) is 34.4 Å². The molecule has 0 aliphatic heterocycles. The molecule has 0 amide bonds. The average molecular weight is 300 g/mol. The maximum absolute atomic E-state index is 12.9. The summed E-state index contributed by atoms with van der Waals surface area (Å²) in [5, 5.41) is 0. The van der Waals surface area contributed by atoms with E-state index in [0.717, 1.165) is 0 Å². The molecule has 1 aromatic rings. The summed E-state index contributed by atoms with van der Waals surface area (Å²) < 4.78 is 81.0. The van der Waals surface area contributed by atoms with E-state index in [1.807, 2.05) is 0 Å². The van der Waals surface area contributed by atoms with E-state index in [-0.39, 0.29) is 6.61 Å². The van der Waals surface area contributed by atoms with E-state index in [2.05, 4.69) is 4.74 Å². The zero-order valence-corrected chi connectivity index (χ0v) is 10.4. The van der Waals surface area contributed by atoms with Crippen LogP contribution in [0, 0.1) is 6.92 Å². The summed E-state index contributed by atoms with van der Waals surface area (Å²) in [6.07, 6.45) is -10.0. The van der Waals surface area contributed by atoms with Gasteiger partial charge in [0, 0.05) is 0 Å². The van der Waals surface area contributed by atoms with E-state index in [9.17, 15) is 31.1 Å². The van der Waals surface area contributed by atoms with Gasteiger partial charge in [-0.05, 0) is 31.5 Å². The normalized spacial score (nSPS) is 12.4. The quantitative estimate of drug-likeness (QED) is 0.604. The maximum atomic E-state index is 12.9. The van der Waals surface area contributed by atoms with Crippen molar-refractivity contribution in [2.24, 2.45) is 0 Å². The lowest BCUT2D eigenvalue weighted by atomic mass is 9.96. The van der Waals surface area contributed by atoms with Crippen LogP contribution in [0.4, 0.5) is 26.3 Å². The highest BCUT2D eigenvalue weighted by Crippen LogP contribution is 2.40. The molecule has 2 nitrogen and oxygen atoms in total. The van der Waals surface area contributed by atoms with Crippen LogP contribution < -0.4 is 0 Å². The molecule has 1 rings (SSSR count). The molecule has 0 radical (unpaired) electrons. The van der Waals surface area contributed by atoms with Crippen LogP contribution in [-0.2, 0) is 17.1 Å². The van der Waals surface area contributed by atoms with Gasteiger partial charge in [-0.1, -0.05) is 0 Å². The van der Waals surface area contributed by atoms with Gasteiger partial charge in [0.05, 0.1) is 23.3 Å². The van der Waals surface area contributed by atoms with Crippen LogP contribution in [0.1, 0.15) is 34.0 Å². The van der Waals surface area contributed by atoms with Crippen LogP contribution in [0.15, 0.2) is 12.1 Å². The van der Waals surface area contributed by atoms with Gasteiger partial charge in [0.15, 0.2) is 0 Å². The summed E-state index contributed by atoms with van der Waals surface area (Å²) in [6.45, 7) is 1.87. The molecule has 0 heterocycles. The Hall–Kier alpha value is -1.73. The van der Waals surface area contributed by atoms with Gasteiger partial charge in [-0.3, -0.25) is 0 Å². The minimum atomic E-state index is -5.09. The molecular formula is C12H10F6O2. The second-order valence-electron chi connectivity index (χ2n) is 3.88. The molecule has 0 aliphatic carbocycles. The minimum Gasteiger partial charge on any atom is -0.462 e. The van der Waals surface area contributed by atoms with Crippen LogP contribution in [0.25, 0.3) is 0 Å². The van der Waals surface area contributed by atoms with Crippen LogP contribution in [0.2, 0.25) is 0 Å². The Morgan fingerprint density at radius 2 is 1.65 bits per heavy atom. The largest absolute Gasteiger partial charge is 0.462 e. The predicted molar refractivity (Wildman–Crippen MR) is 57.1 cm³/mol. The first kappa shape index (κ1) is 16.3. The third-order valence-corrected chi connectivity index (χ3v) is 2.55. The number of alkyl halides is 6. The summed E-state index contributed by atoms with van der Waals surface area (Å²) in [5.74, 6) is -1.31. The SMILES string of the molecule is CCOC(=O)c1ccc(C(F)(F)F)c(C)c1C(F)(F)F. The van der Waals surface area contributed by atoms with Crippen molar-refractivity contribution in [2.75, 3.05) is 6.61 Å². The fraction of sp³-hybridized carbons (Fsp3) is 0.417. The van der Waals surface area contributed by atoms with Crippen molar-refractivity contribution in [3.8, 4) is 0 Å². The number of benzene rings is 1. The van der Waals surface area contributed by atoms with Crippen molar-refractivity contribution in [1.82, 2.24) is 0 Å². The molecule has 0 aromatic heterocycles. The second kappa shape index (κ2) is 5.34. The molecule has 1 aromatic carbocycles. The lowest BCUT2D eigenvalue weighted by Crippen LogP contribution is -2.20. The Morgan fingerprint density at radius 1 is 1.10 bits per heavy atom. The smallest absolute Gasteiger partial charge is 0.417 e. The van der Waals surface area contributed by atoms with Crippen molar-refractivity contribution in [3.63, 3.8) is 0 Å². The summed E-state index contributed by atoms with van der Waals surface area (Å²) >= 11 is 0. The second-order valence-corrected chi connectivity index (χ2v) is 3.88. The van der Waals surface area contributed by atoms with Gasteiger partial charge < -0.3 is 4.74 Å². The first-order chi connectivity index (χ1) is 9.00. The topological polar surface area (TPSA) is 26.3 Å². The highest BCUT2D eigenvalue weighted by Gasteiger charge is 2.42. The van der Waals surface area contributed by atoms with Crippen LogP contribution in [-0.4, -0.2) is 12.6 Å². The monoisotopic (exact) mass is 300 g/mol. The molecule has 0 fully saturated rings. The molecule has 0 N–H and O–H groups in total. The van der Waals surface area contributed by atoms with Crippen LogP contribution in [0.3, 0.4) is 0 Å². The van der Waals surface area contributed by atoms with Crippen molar-refractivity contribution >= 4 is 5.97 Å². The lowest BCUT2D eigenvalue weighted by Gasteiger charge is -2.19. The molecule has 0 saturated carbocycles. The molecule has 20 heavy (non-hydrogen) atoms. The highest BCUT2D eigenvalue weighted by molar-refractivity contribution is 5.92. The zero-order valence-electron chi connectivity index (χ0n) is 10.4. The van der Waals surface area contributed by atoms with Gasteiger partial charge in [-0.2, -0.15) is 26.3 Å². The van der Waals surface area contributed by atoms with Gasteiger partial charge in [0.25, 0.3) is 0 Å². The molecule has 0 unspecified atom stereocenters. The lowest BCUT2D eigenvalue weighted by molar-refractivity contribution is -0.144. The summed E-state index contributed by atoms with van der Waals surface area (Å²) in [4.78, 5) is 11.4. The van der Waals surface area contributed by atoms with Crippen molar-refractivity contribution in [1.29, 1.82) is 0 Å². The third kappa shape index (κ3) is 3.23. The molecule has 0 aliphatic rings. The van der Waals surface area contributed by atoms with Crippen LogP contribution >= 0.6 is 0 Å². The molecule has 0 atom stereocenters. The Bertz CT molecular complexity index is 516. The summed E-state index contributed by atoms with van der Waals surface area (Å²) in [6, 6.07) is 0.924. The van der Waals surface area contributed by atoms with Gasteiger partial charge in [0.1, 0.15) is 0 Å². The van der Waals surface area contributed by atoms with Crippen molar-refractivity contribution < 1.29 is 35.9 Å². The van der Waals surface area contributed by atoms with Gasteiger partial charge in [-0.15, -0.1) is 0 Å². The number of hydrogen-bond acceptors (Lipinski definition) is 2. The first-order valence-electron chi connectivity index (χ1n) is 5.45. The van der Waals surface area contributed by atoms with Gasteiger partial charge in [0.2, 0.25) is 0 Å². The number of halogens is 6. The van der Waals surface area contributed by atoms with E-state index in [1.54, 1.807) is 0 Å². The average Bonchev–Trinajstić information content (AvgIpc) is 2.25. The molecule has 8 heteroatoms. The molecule has 0 spiro atoms. The standard InChI is InChI=1S/C12H10F6O2/c1-3-20-10(19)7-4-5-8(11(13,14)15)6(2)9(7)12(16,17)18/h4-5H,3H2,1-2H3. The van der Waals surface area contributed by atoms with Gasteiger partial charge in [-0.25, -0.2) is 4.79 Å². The summed E-state index contributed by atoms with van der Waals surface area (Å²) in [7, 11) is 0. The fourth-order valence-electron chi connectivity index (χ4n) is 1.76. The van der Waals surface area contributed by atoms with Crippen molar-refractivity contribution in [2.45, 2.75) is 26.2 Å². The summed E-state index contributed by atoms with van der Waals surface area (Å²) in [5.41, 5.74) is -5.02. The maximum Gasteiger partial charge on any atom is 0.417 e. The molecule has 112 valence electrons. The fourth-order valence-corrected chi connectivity index (χ4v) is 1.76. The van der Waals surface area contributed by atoms with E-state index < -0.39 is 40.6 Å². The molecular weight excluding hydrogens is 290 g/mol. The number of carbonyl (C=O) groups excluding carboxylic acids is 1. The number of ether oxygens (including phenoxy) is 1.